The van der Waals surface area contributed by atoms with Crippen LogP contribution in [0.25, 0.3) is 0 Å². The molecule has 0 aromatic heterocycles. The van der Waals surface area contributed by atoms with Gasteiger partial charge in [-0.1, -0.05) is 24.3 Å². The molecule has 88 valence electrons. The zero-order valence-electron chi connectivity index (χ0n) is 9.79. The lowest BCUT2D eigenvalue weighted by atomic mass is 9.92. The van der Waals surface area contributed by atoms with Crippen molar-refractivity contribution in [3.8, 4) is 0 Å². The van der Waals surface area contributed by atoms with E-state index in [9.17, 15) is 4.79 Å². The van der Waals surface area contributed by atoms with E-state index in [4.69, 9.17) is 0 Å². The Labute approximate surface area is 100 Å². The lowest BCUT2D eigenvalue weighted by molar-refractivity contribution is -0.124. The second-order valence-electron chi connectivity index (χ2n) is 4.46. The largest absolute Gasteiger partial charge is 0.338 e. The van der Waals surface area contributed by atoms with Crippen molar-refractivity contribution in [2.24, 2.45) is 4.99 Å². The molecular weight excluding hydrogens is 214 g/mol. The fourth-order valence-corrected chi connectivity index (χ4v) is 2.72. The molecule has 0 radical (unpaired) electrons. The van der Waals surface area contributed by atoms with Crippen LogP contribution in [0.5, 0.6) is 0 Å². The summed E-state index contributed by atoms with van der Waals surface area (Å²) in [6.07, 6.45) is 1.75. The number of benzene rings is 1. The van der Waals surface area contributed by atoms with E-state index in [1.54, 1.807) is 0 Å². The van der Waals surface area contributed by atoms with Crippen molar-refractivity contribution in [1.82, 2.24) is 10.6 Å². The molecule has 1 aliphatic carbocycles. The Kier molecular flexibility index (Phi) is 2.18. The first kappa shape index (κ1) is 10.3. The van der Waals surface area contributed by atoms with Gasteiger partial charge in [0.25, 0.3) is 5.91 Å². The number of hydrogen-bond donors (Lipinski definition) is 2. The molecule has 1 spiro atoms. The fourth-order valence-electron chi connectivity index (χ4n) is 2.72. The van der Waals surface area contributed by atoms with Crippen molar-refractivity contribution in [3.63, 3.8) is 0 Å². The fraction of sp³-hybridized carbons (Fsp3) is 0.385. The quantitative estimate of drug-likeness (QED) is 0.752. The molecule has 2 aliphatic rings. The minimum Gasteiger partial charge on any atom is -0.338 e. The number of rotatable bonds is 1. The summed E-state index contributed by atoms with van der Waals surface area (Å²) < 4.78 is 0. The number of fused-ring (bicyclic) bond motifs is 2. The van der Waals surface area contributed by atoms with Gasteiger partial charge in [0.05, 0.1) is 0 Å². The molecule has 2 N–H and O–H groups in total. The van der Waals surface area contributed by atoms with Gasteiger partial charge in [-0.3, -0.25) is 15.1 Å². The van der Waals surface area contributed by atoms with Crippen LogP contribution in [0.3, 0.4) is 0 Å². The van der Waals surface area contributed by atoms with Gasteiger partial charge in [-0.2, -0.15) is 0 Å². The summed E-state index contributed by atoms with van der Waals surface area (Å²) in [4.78, 5) is 16.4. The summed E-state index contributed by atoms with van der Waals surface area (Å²) in [5.41, 5.74) is 1.77. The highest BCUT2D eigenvalue weighted by atomic mass is 16.2. The molecule has 1 heterocycles. The van der Waals surface area contributed by atoms with E-state index in [1.807, 2.05) is 25.1 Å². The first-order valence-electron chi connectivity index (χ1n) is 5.99. The lowest BCUT2D eigenvalue weighted by Crippen LogP contribution is -2.41. The monoisotopic (exact) mass is 229 g/mol. The van der Waals surface area contributed by atoms with Crippen molar-refractivity contribution in [2.75, 3.05) is 6.54 Å². The van der Waals surface area contributed by atoms with E-state index in [1.165, 1.54) is 5.56 Å². The standard InChI is InChI=1S/C13H15N3O/c1-2-14-12-15-11(17)13(16-12)8-7-9-5-3-4-6-10(9)13/h3-6H,2,7-8H2,1H3,(H2,14,15,16,17). The van der Waals surface area contributed by atoms with E-state index in [-0.39, 0.29) is 5.91 Å². The van der Waals surface area contributed by atoms with Gasteiger partial charge in [0.2, 0.25) is 0 Å². The molecule has 1 aromatic rings. The van der Waals surface area contributed by atoms with Crippen molar-refractivity contribution in [2.45, 2.75) is 25.3 Å². The minimum absolute atomic E-state index is 0.0228. The van der Waals surface area contributed by atoms with Crippen LogP contribution in [-0.4, -0.2) is 18.4 Å². The molecule has 1 saturated heterocycles. The molecular formula is C13H15N3O. The van der Waals surface area contributed by atoms with E-state index in [0.29, 0.717) is 12.5 Å². The van der Waals surface area contributed by atoms with E-state index in [2.05, 4.69) is 21.7 Å². The molecule has 0 bridgehead atoms. The Morgan fingerprint density at radius 3 is 3.06 bits per heavy atom. The number of nitrogens with one attached hydrogen (secondary N) is 2. The summed E-state index contributed by atoms with van der Waals surface area (Å²) in [6, 6.07) is 8.12. The smallest absolute Gasteiger partial charge is 0.257 e. The van der Waals surface area contributed by atoms with Crippen molar-refractivity contribution < 1.29 is 4.79 Å². The van der Waals surface area contributed by atoms with Gasteiger partial charge >= 0.3 is 0 Å². The second-order valence-corrected chi connectivity index (χ2v) is 4.46. The average molecular weight is 229 g/mol. The summed E-state index contributed by atoms with van der Waals surface area (Å²) >= 11 is 0. The molecule has 4 heteroatoms. The van der Waals surface area contributed by atoms with Crippen LogP contribution < -0.4 is 10.6 Å². The predicted octanol–water partition coefficient (Wildman–Crippen LogP) is 0.923. The Hall–Kier alpha value is -1.84. The van der Waals surface area contributed by atoms with Gasteiger partial charge in [0.15, 0.2) is 5.96 Å². The third kappa shape index (κ3) is 1.37. The van der Waals surface area contributed by atoms with Crippen LogP contribution in [-0.2, 0) is 16.8 Å². The van der Waals surface area contributed by atoms with Gasteiger partial charge in [0, 0.05) is 6.54 Å². The molecule has 1 fully saturated rings. The van der Waals surface area contributed by atoms with E-state index in [0.717, 1.165) is 18.4 Å². The Bertz CT molecular complexity index is 509. The minimum atomic E-state index is -0.579. The van der Waals surface area contributed by atoms with Gasteiger partial charge in [-0.25, -0.2) is 0 Å². The second kappa shape index (κ2) is 3.58. The van der Waals surface area contributed by atoms with E-state index < -0.39 is 5.54 Å². The molecule has 1 aliphatic heterocycles. The van der Waals surface area contributed by atoms with Crippen LogP contribution in [0, 0.1) is 0 Å². The third-order valence-electron chi connectivity index (χ3n) is 3.51. The molecule has 3 rings (SSSR count). The first-order chi connectivity index (χ1) is 8.26. The van der Waals surface area contributed by atoms with Crippen LogP contribution in [0.15, 0.2) is 29.3 Å². The summed E-state index contributed by atoms with van der Waals surface area (Å²) in [5, 5.41) is 6.09. The summed E-state index contributed by atoms with van der Waals surface area (Å²) in [6.45, 7) is 2.62. The maximum Gasteiger partial charge on any atom is 0.257 e. The number of nitrogens with zero attached hydrogens (tertiary/aromatic N) is 1. The molecule has 4 nitrogen and oxygen atoms in total. The summed E-state index contributed by atoms with van der Waals surface area (Å²) in [5.74, 6) is 0.629. The predicted molar refractivity (Wildman–Crippen MR) is 65.7 cm³/mol. The maximum atomic E-state index is 12.2. The molecule has 1 amide bonds. The third-order valence-corrected chi connectivity index (χ3v) is 3.51. The molecule has 0 saturated carbocycles. The zero-order chi connectivity index (χ0) is 11.9. The number of hydrogen-bond acceptors (Lipinski definition) is 2. The number of carbonyl (C=O) groups excluding carboxylic acids is 1. The van der Waals surface area contributed by atoms with Gasteiger partial charge in [-0.15, -0.1) is 0 Å². The number of guanidine groups is 1. The zero-order valence-corrected chi connectivity index (χ0v) is 9.79. The highest BCUT2D eigenvalue weighted by molar-refractivity contribution is 6.09. The number of aliphatic imine (C=N–C) groups is 1. The van der Waals surface area contributed by atoms with Crippen LogP contribution in [0.4, 0.5) is 0 Å². The average Bonchev–Trinajstić information content (AvgIpc) is 2.85. The van der Waals surface area contributed by atoms with Crippen molar-refractivity contribution in [1.29, 1.82) is 0 Å². The van der Waals surface area contributed by atoms with Crippen molar-refractivity contribution in [3.05, 3.63) is 35.4 Å². The Balaban J connectivity index is 2.05. The van der Waals surface area contributed by atoms with Crippen LogP contribution >= 0.6 is 0 Å². The summed E-state index contributed by atoms with van der Waals surface area (Å²) in [7, 11) is 0. The van der Waals surface area contributed by atoms with Gasteiger partial charge in [-0.05, 0) is 30.9 Å². The Morgan fingerprint density at radius 2 is 2.24 bits per heavy atom. The number of aryl methyl sites for hydroxylation is 1. The SMILES string of the molecule is CCN=C1NC(=O)C2(CCc3ccccc32)N1. The lowest BCUT2D eigenvalue weighted by Gasteiger charge is -2.21. The number of carbonyl (C=O) groups is 1. The topological polar surface area (TPSA) is 53.5 Å². The highest BCUT2D eigenvalue weighted by Crippen LogP contribution is 2.38. The molecule has 17 heavy (non-hydrogen) atoms. The number of amides is 1. The molecule has 1 aromatic carbocycles. The van der Waals surface area contributed by atoms with Crippen LogP contribution in [0.1, 0.15) is 24.5 Å². The Morgan fingerprint density at radius 1 is 1.41 bits per heavy atom. The van der Waals surface area contributed by atoms with E-state index >= 15 is 0 Å². The van der Waals surface area contributed by atoms with Crippen molar-refractivity contribution >= 4 is 11.9 Å². The highest BCUT2D eigenvalue weighted by Gasteiger charge is 2.50. The maximum absolute atomic E-state index is 12.2. The first-order valence-corrected chi connectivity index (χ1v) is 5.99. The molecule has 1 unspecified atom stereocenters. The van der Waals surface area contributed by atoms with Crippen LogP contribution in [0.2, 0.25) is 0 Å². The normalized spacial score (nSPS) is 28.3. The van der Waals surface area contributed by atoms with Gasteiger partial charge < -0.3 is 5.32 Å². The molecule has 1 atom stereocenters. The van der Waals surface area contributed by atoms with Gasteiger partial charge in [0.1, 0.15) is 5.54 Å².